The van der Waals surface area contributed by atoms with Gasteiger partial charge < -0.3 is 15.4 Å². The van der Waals surface area contributed by atoms with E-state index in [-0.39, 0.29) is 18.6 Å². The summed E-state index contributed by atoms with van der Waals surface area (Å²) in [5.41, 5.74) is 6.31. The number of carbonyl (C=O) groups is 1. The molecule has 1 aromatic carbocycles. The molecule has 0 aliphatic heterocycles. The van der Waals surface area contributed by atoms with Crippen LogP contribution in [0.15, 0.2) is 24.3 Å². The first-order valence-corrected chi connectivity index (χ1v) is 7.67. The summed E-state index contributed by atoms with van der Waals surface area (Å²) in [4.78, 5) is 13.7. The van der Waals surface area contributed by atoms with Crippen LogP contribution in [0.2, 0.25) is 0 Å². The van der Waals surface area contributed by atoms with Gasteiger partial charge in [-0.1, -0.05) is 12.1 Å². The maximum absolute atomic E-state index is 12.0. The van der Waals surface area contributed by atoms with Crippen LogP contribution in [0.25, 0.3) is 0 Å². The van der Waals surface area contributed by atoms with E-state index in [9.17, 15) is 4.79 Å². The smallest absolute Gasteiger partial charge is 0.260 e. The molecule has 4 nitrogen and oxygen atoms in total. The maximum Gasteiger partial charge on any atom is 0.260 e. The lowest BCUT2D eigenvalue weighted by atomic mass is 10.2. The number of ether oxygens (including phenoxy) is 1. The first-order chi connectivity index (χ1) is 9.06. The number of para-hydroxylation sites is 2. The zero-order chi connectivity index (χ0) is 14.3. The third-order valence-corrected chi connectivity index (χ3v) is 3.71. The van der Waals surface area contributed by atoms with E-state index in [0.29, 0.717) is 11.4 Å². The summed E-state index contributed by atoms with van der Waals surface area (Å²) in [5, 5.41) is 0. The summed E-state index contributed by atoms with van der Waals surface area (Å²) >= 11 is 1.79. The molecule has 0 aliphatic rings. The van der Waals surface area contributed by atoms with Gasteiger partial charge in [-0.05, 0) is 37.5 Å². The van der Waals surface area contributed by atoms with Crippen molar-refractivity contribution in [1.82, 2.24) is 4.90 Å². The molecule has 0 aliphatic carbocycles. The zero-order valence-corrected chi connectivity index (χ0v) is 12.6. The molecule has 0 bridgehead atoms. The second-order valence-corrected chi connectivity index (χ2v) is 5.45. The summed E-state index contributed by atoms with van der Waals surface area (Å²) in [7, 11) is 1.81. The zero-order valence-electron chi connectivity index (χ0n) is 11.8. The first kappa shape index (κ1) is 15.7. The number of hydrogen-bond acceptors (Lipinski definition) is 4. The predicted molar refractivity (Wildman–Crippen MR) is 81.6 cm³/mol. The van der Waals surface area contributed by atoms with Crippen LogP contribution in [0.4, 0.5) is 5.69 Å². The van der Waals surface area contributed by atoms with Gasteiger partial charge in [0, 0.05) is 13.1 Å². The topological polar surface area (TPSA) is 55.6 Å². The molecule has 0 fully saturated rings. The van der Waals surface area contributed by atoms with Gasteiger partial charge in [-0.15, -0.1) is 0 Å². The van der Waals surface area contributed by atoms with Crippen molar-refractivity contribution in [2.24, 2.45) is 0 Å². The number of nitrogens with zero attached hydrogens (tertiary/aromatic N) is 1. The van der Waals surface area contributed by atoms with Gasteiger partial charge in [0.2, 0.25) is 0 Å². The number of likely N-dealkylation sites (N-methyl/N-ethyl adjacent to an activating group) is 1. The SMILES string of the molecule is CSCCC(C)N(C)C(=O)COc1ccccc1N. The van der Waals surface area contributed by atoms with Crippen LogP contribution in [0.5, 0.6) is 5.75 Å². The number of hydrogen-bond donors (Lipinski definition) is 1. The normalized spacial score (nSPS) is 11.9. The number of nitrogen functional groups attached to an aromatic ring is 1. The van der Waals surface area contributed by atoms with E-state index in [0.717, 1.165) is 12.2 Å². The molecule has 1 unspecified atom stereocenters. The number of benzene rings is 1. The molecule has 0 saturated carbocycles. The number of amides is 1. The third-order valence-electron chi connectivity index (χ3n) is 3.06. The molecule has 2 N–H and O–H groups in total. The maximum atomic E-state index is 12.0. The summed E-state index contributed by atoms with van der Waals surface area (Å²) in [6.45, 7) is 2.07. The highest BCUT2D eigenvalue weighted by molar-refractivity contribution is 7.98. The molecule has 0 spiro atoms. The van der Waals surface area contributed by atoms with E-state index in [1.165, 1.54) is 0 Å². The molecule has 106 valence electrons. The Hall–Kier alpha value is -1.36. The van der Waals surface area contributed by atoms with Gasteiger partial charge in [-0.3, -0.25) is 4.79 Å². The molecule has 0 heterocycles. The highest BCUT2D eigenvalue weighted by Crippen LogP contribution is 2.19. The Morgan fingerprint density at radius 2 is 2.16 bits per heavy atom. The number of thioether (sulfide) groups is 1. The standard InChI is InChI=1S/C14H22N2O2S/c1-11(8-9-19-3)16(2)14(17)10-18-13-7-5-4-6-12(13)15/h4-7,11H,8-10,15H2,1-3H3. The molecule has 0 aromatic heterocycles. The minimum absolute atomic E-state index is 0.0221. The molecule has 1 rings (SSSR count). The highest BCUT2D eigenvalue weighted by Gasteiger charge is 2.16. The van der Waals surface area contributed by atoms with Gasteiger partial charge in [0.25, 0.3) is 5.91 Å². The van der Waals surface area contributed by atoms with E-state index in [4.69, 9.17) is 10.5 Å². The highest BCUT2D eigenvalue weighted by atomic mass is 32.2. The fraction of sp³-hybridized carbons (Fsp3) is 0.500. The fourth-order valence-corrected chi connectivity index (χ4v) is 2.16. The Morgan fingerprint density at radius 3 is 2.79 bits per heavy atom. The van der Waals surface area contributed by atoms with Crippen LogP contribution < -0.4 is 10.5 Å². The van der Waals surface area contributed by atoms with Crippen molar-refractivity contribution in [1.29, 1.82) is 0 Å². The summed E-state index contributed by atoms with van der Waals surface area (Å²) < 4.78 is 5.45. The van der Waals surface area contributed by atoms with E-state index in [1.807, 2.05) is 26.1 Å². The van der Waals surface area contributed by atoms with Crippen molar-refractivity contribution in [3.05, 3.63) is 24.3 Å². The van der Waals surface area contributed by atoms with Gasteiger partial charge >= 0.3 is 0 Å². The number of nitrogens with two attached hydrogens (primary N) is 1. The lowest BCUT2D eigenvalue weighted by Crippen LogP contribution is -2.38. The van der Waals surface area contributed by atoms with Crippen molar-refractivity contribution < 1.29 is 9.53 Å². The minimum atomic E-state index is -0.0307. The second kappa shape index (κ2) is 7.94. The fourth-order valence-electron chi connectivity index (χ4n) is 1.58. The first-order valence-electron chi connectivity index (χ1n) is 6.28. The summed E-state index contributed by atoms with van der Waals surface area (Å²) in [6, 6.07) is 7.41. The van der Waals surface area contributed by atoms with Crippen molar-refractivity contribution in [2.45, 2.75) is 19.4 Å². The number of carbonyl (C=O) groups excluding carboxylic acids is 1. The predicted octanol–water partition coefficient (Wildman–Crippen LogP) is 2.25. The van der Waals surface area contributed by atoms with Crippen LogP contribution >= 0.6 is 11.8 Å². The molecule has 1 amide bonds. The molecular weight excluding hydrogens is 260 g/mol. The average molecular weight is 282 g/mol. The average Bonchev–Trinajstić information content (AvgIpc) is 2.42. The van der Waals surface area contributed by atoms with E-state index >= 15 is 0 Å². The van der Waals surface area contributed by atoms with Crippen molar-refractivity contribution in [3.63, 3.8) is 0 Å². The lowest BCUT2D eigenvalue weighted by Gasteiger charge is -2.24. The van der Waals surface area contributed by atoms with Gasteiger partial charge in [0.15, 0.2) is 6.61 Å². The van der Waals surface area contributed by atoms with Crippen molar-refractivity contribution in [3.8, 4) is 5.75 Å². The Morgan fingerprint density at radius 1 is 1.47 bits per heavy atom. The summed E-state index contributed by atoms with van der Waals surface area (Å²) in [6.07, 6.45) is 3.05. The Kier molecular flexibility index (Phi) is 6.56. The molecule has 0 radical (unpaired) electrons. The van der Waals surface area contributed by atoms with Crippen LogP contribution in [0, 0.1) is 0 Å². The van der Waals surface area contributed by atoms with Crippen molar-refractivity contribution in [2.75, 3.05) is 31.4 Å². The van der Waals surface area contributed by atoms with Gasteiger partial charge in [0.05, 0.1) is 5.69 Å². The van der Waals surface area contributed by atoms with E-state index in [1.54, 1.807) is 28.8 Å². The minimum Gasteiger partial charge on any atom is -0.482 e. The van der Waals surface area contributed by atoms with Crippen LogP contribution in [0.1, 0.15) is 13.3 Å². The summed E-state index contributed by atoms with van der Waals surface area (Å²) in [5.74, 6) is 1.57. The largest absolute Gasteiger partial charge is 0.482 e. The Balaban J connectivity index is 2.44. The molecule has 19 heavy (non-hydrogen) atoms. The van der Waals surface area contributed by atoms with E-state index in [2.05, 4.69) is 6.26 Å². The van der Waals surface area contributed by atoms with Gasteiger partial charge in [0.1, 0.15) is 5.75 Å². The molecule has 0 saturated heterocycles. The lowest BCUT2D eigenvalue weighted by molar-refractivity contribution is -0.133. The quantitative estimate of drug-likeness (QED) is 0.779. The van der Waals surface area contributed by atoms with Gasteiger partial charge in [-0.2, -0.15) is 11.8 Å². The number of rotatable bonds is 7. The van der Waals surface area contributed by atoms with Gasteiger partial charge in [-0.25, -0.2) is 0 Å². The Labute approximate surface area is 119 Å². The molecule has 5 heteroatoms. The molecular formula is C14H22N2O2S. The third kappa shape index (κ3) is 5.03. The van der Waals surface area contributed by atoms with Crippen LogP contribution in [-0.2, 0) is 4.79 Å². The molecule has 1 aromatic rings. The van der Waals surface area contributed by atoms with Crippen LogP contribution in [0.3, 0.4) is 0 Å². The van der Waals surface area contributed by atoms with E-state index < -0.39 is 0 Å². The Bertz CT molecular complexity index is 412. The van der Waals surface area contributed by atoms with Crippen molar-refractivity contribution >= 4 is 23.4 Å². The molecule has 1 atom stereocenters. The monoisotopic (exact) mass is 282 g/mol. The second-order valence-electron chi connectivity index (χ2n) is 4.46. The number of anilines is 1. The van der Waals surface area contributed by atoms with Crippen LogP contribution in [-0.4, -0.2) is 42.5 Å².